The van der Waals surface area contributed by atoms with Gasteiger partial charge in [-0.3, -0.25) is 0 Å². The summed E-state index contributed by atoms with van der Waals surface area (Å²) < 4.78 is 2.27. The van der Waals surface area contributed by atoms with E-state index < -0.39 is 0 Å². The van der Waals surface area contributed by atoms with Crippen molar-refractivity contribution < 1.29 is 0 Å². The van der Waals surface area contributed by atoms with E-state index in [0.717, 1.165) is 30.0 Å². The molecule has 0 bridgehead atoms. The van der Waals surface area contributed by atoms with Gasteiger partial charge in [0.1, 0.15) is 5.82 Å². The Morgan fingerprint density at radius 1 is 1.46 bits per heavy atom. The Labute approximate surface area is 76.2 Å². The number of benzene rings is 1. The molecule has 0 amide bonds. The minimum absolute atomic E-state index is 0.828. The predicted molar refractivity (Wildman–Crippen MR) is 52.6 cm³/mol. The molecule has 0 saturated carbocycles. The van der Waals surface area contributed by atoms with E-state index in [1.54, 1.807) is 0 Å². The molecule has 2 heterocycles. The van der Waals surface area contributed by atoms with Crippen molar-refractivity contribution in [2.45, 2.75) is 19.9 Å². The summed E-state index contributed by atoms with van der Waals surface area (Å²) in [5, 5.41) is 0. The van der Waals surface area contributed by atoms with Gasteiger partial charge in [0.05, 0.1) is 11.0 Å². The van der Waals surface area contributed by atoms with Gasteiger partial charge in [0.2, 0.25) is 0 Å². The van der Waals surface area contributed by atoms with Crippen LogP contribution in [0.1, 0.15) is 11.4 Å². The van der Waals surface area contributed by atoms with Gasteiger partial charge in [0, 0.05) is 12.2 Å². The number of imidazole rings is 1. The Bertz CT molecular complexity index is 496. The number of hydrogen-bond acceptors (Lipinski definition) is 2. The lowest BCUT2D eigenvalue weighted by molar-refractivity contribution is 0.733. The molecule has 0 spiro atoms. The summed E-state index contributed by atoms with van der Waals surface area (Å²) in [5.41, 5.74) is 10.3. The summed E-state index contributed by atoms with van der Waals surface area (Å²) in [6.07, 6.45) is 1.10. The lowest BCUT2D eigenvalue weighted by Crippen LogP contribution is -1.94. The van der Waals surface area contributed by atoms with Crippen molar-refractivity contribution in [3.8, 4) is 0 Å². The zero-order valence-corrected chi connectivity index (χ0v) is 7.54. The van der Waals surface area contributed by atoms with Crippen molar-refractivity contribution in [1.82, 2.24) is 9.55 Å². The van der Waals surface area contributed by atoms with Crippen LogP contribution in [-0.2, 0) is 13.0 Å². The number of aromatic nitrogens is 2. The van der Waals surface area contributed by atoms with Crippen molar-refractivity contribution in [1.29, 1.82) is 0 Å². The summed E-state index contributed by atoms with van der Waals surface area (Å²) in [6, 6.07) is 4.01. The van der Waals surface area contributed by atoms with Gasteiger partial charge in [0.25, 0.3) is 0 Å². The SMILES string of the molecule is Cc1nc2cc(N)cc3c2n1CC3. The van der Waals surface area contributed by atoms with Crippen molar-refractivity contribution >= 4 is 16.7 Å². The fourth-order valence-electron chi connectivity index (χ4n) is 2.19. The fourth-order valence-corrected chi connectivity index (χ4v) is 2.19. The number of nitrogens with zero attached hydrogens (tertiary/aromatic N) is 2. The highest BCUT2D eigenvalue weighted by atomic mass is 15.1. The number of aryl methyl sites for hydroxylation is 3. The molecule has 3 nitrogen and oxygen atoms in total. The van der Waals surface area contributed by atoms with Crippen molar-refractivity contribution in [3.05, 3.63) is 23.5 Å². The van der Waals surface area contributed by atoms with E-state index in [1.165, 1.54) is 11.1 Å². The van der Waals surface area contributed by atoms with Crippen molar-refractivity contribution in [2.75, 3.05) is 5.73 Å². The quantitative estimate of drug-likeness (QED) is 0.613. The van der Waals surface area contributed by atoms with Gasteiger partial charge < -0.3 is 10.3 Å². The lowest BCUT2D eigenvalue weighted by atomic mass is 10.1. The van der Waals surface area contributed by atoms with E-state index in [1.807, 2.05) is 13.0 Å². The molecule has 0 radical (unpaired) electrons. The van der Waals surface area contributed by atoms with E-state index in [0.29, 0.717) is 0 Å². The van der Waals surface area contributed by atoms with E-state index >= 15 is 0 Å². The highest BCUT2D eigenvalue weighted by Gasteiger charge is 2.17. The fraction of sp³-hybridized carbons (Fsp3) is 0.300. The monoisotopic (exact) mass is 173 g/mol. The van der Waals surface area contributed by atoms with Gasteiger partial charge in [-0.25, -0.2) is 4.98 Å². The summed E-state index contributed by atoms with van der Waals surface area (Å²) in [6.45, 7) is 3.10. The molecule has 66 valence electrons. The normalized spacial score (nSPS) is 14.2. The maximum atomic E-state index is 5.78. The maximum Gasteiger partial charge on any atom is 0.106 e. The van der Waals surface area contributed by atoms with E-state index in [-0.39, 0.29) is 0 Å². The first-order chi connectivity index (χ1) is 6.25. The molecule has 0 atom stereocenters. The minimum atomic E-state index is 0.828. The number of nitrogens with two attached hydrogens (primary N) is 1. The third-order valence-corrected chi connectivity index (χ3v) is 2.74. The van der Waals surface area contributed by atoms with Gasteiger partial charge >= 0.3 is 0 Å². The van der Waals surface area contributed by atoms with Crippen LogP contribution in [0, 0.1) is 6.92 Å². The minimum Gasteiger partial charge on any atom is -0.399 e. The molecule has 13 heavy (non-hydrogen) atoms. The van der Waals surface area contributed by atoms with Gasteiger partial charge in [-0.2, -0.15) is 0 Å². The number of hydrogen-bond donors (Lipinski definition) is 1. The zero-order valence-electron chi connectivity index (χ0n) is 7.54. The molecule has 1 aromatic heterocycles. The van der Waals surface area contributed by atoms with Crippen LogP contribution in [0.5, 0.6) is 0 Å². The van der Waals surface area contributed by atoms with Crippen LogP contribution in [0.4, 0.5) is 5.69 Å². The topological polar surface area (TPSA) is 43.8 Å². The molecule has 0 unspecified atom stereocenters. The molecule has 3 rings (SSSR count). The average Bonchev–Trinajstić information content (AvgIpc) is 2.58. The lowest BCUT2D eigenvalue weighted by Gasteiger charge is -1.96. The second-order valence-corrected chi connectivity index (χ2v) is 3.61. The maximum absolute atomic E-state index is 5.78. The third kappa shape index (κ3) is 0.763. The first kappa shape index (κ1) is 6.95. The standard InChI is InChI=1S/C10H11N3/c1-6-12-9-5-8(11)4-7-2-3-13(6)10(7)9/h4-5H,2-3,11H2,1H3. The van der Waals surface area contributed by atoms with Gasteiger partial charge in [-0.1, -0.05) is 0 Å². The Hall–Kier alpha value is -1.51. The van der Waals surface area contributed by atoms with Crippen LogP contribution < -0.4 is 5.73 Å². The van der Waals surface area contributed by atoms with Crippen LogP contribution in [0.2, 0.25) is 0 Å². The molecule has 2 aromatic rings. The summed E-state index contributed by atoms with van der Waals surface area (Å²) in [5.74, 6) is 1.10. The Kier molecular flexibility index (Phi) is 1.09. The second kappa shape index (κ2) is 2.05. The molecule has 0 fully saturated rings. The summed E-state index contributed by atoms with van der Waals surface area (Å²) in [4.78, 5) is 4.47. The van der Waals surface area contributed by atoms with Crippen LogP contribution in [-0.4, -0.2) is 9.55 Å². The highest BCUT2D eigenvalue weighted by Crippen LogP contribution is 2.28. The van der Waals surface area contributed by atoms with Crippen LogP contribution in [0.15, 0.2) is 12.1 Å². The van der Waals surface area contributed by atoms with Crippen LogP contribution >= 0.6 is 0 Å². The Morgan fingerprint density at radius 2 is 2.31 bits per heavy atom. The molecular weight excluding hydrogens is 162 g/mol. The zero-order chi connectivity index (χ0) is 9.00. The molecule has 0 aliphatic carbocycles. The van der Waals surface area contributed by atoms with Gasteiger partial charge in [0.15, 0.2) is 0 Å². The van der Waals surface area contributed by atoms with Gasteiger partial charge in [-0.05, 0) is 31.0 Å². The molecule has 1 aliphatic heterocycles. The Morgan fingerprint density at radius 3 is 3.15 bits per heavy atom. The van der Waals surface area contributed by atoms with Gasteiger partial charge in [-0.15, -0.1) is 0 Å². The highest BCUT2D eigenvalue weighted by molar-refractivity contribution is 5.84. The first-order valence-electron chi connectivity index (χ1n) is 4.51. The third-order valence-electron chi connectivity index (χ3n) is 2.74. The molecule has 2 N–H and O–H groups in total. The molecule has 3 heteroatoms. The van der Waals surface area contributed by atoms with E-state index in [4.69, 9.17) is 5.73 Å². The molecular formula is C10H11N3. The molecule has 1 aromatic carbocycles. The summed E-state index contributed by atoms with van der Waals surface area (Å²) >= 11 is 0. The largest absolute Gasteiger partial charge is 0.399 e. The van der Waals surface area contributed by atoms with Crippen LogP contribution in [0.3, 0.4) is 0 Å². The van der Waals surface area contributed by atoms with E-state index in [2.05, 4.69) is 15.6 Å². The number of nitrogen functional groups attached to an aromatic ring is 1. The Balaban J connectivity index is 2.54. The predicted octanol–water partition coefficient (Wildman–Crippen LogP) is 1.48. The average molecular weight is 173 g/mol. The summed E-state index contributed by atoms with van der Waals surface area (Å²) in [7, 11) is 0. The smallest absolute Gasteiger partial charge is 0.106 e. The molecule has 0 saturated heterocycles. The van der Waals surface area contributed by atoms with Crippen molar-refractivity contribution in [2.24, 2.45) is 0 Å². The number of anilines is 1. The second-order valence-electron chi connectivity index (χ2n) is 3.61. The first-order valence-corrected chi connectivity index (χ1v) is 4.51. The molecule has 1 aliphatic rings. The van der Waals surface area contributed by atoms with Crippen LogP contribution in [0.25, 0.3) is 11.0 Å². The van der Waals surface area contributed by atoms with E-state index in [9.17, 15) is 0 Å². The number of rotatable bonds is 0. The van der Waals surface area contributed by atoms with Crippen molar-refractivity contribution in [3.63, 3.8) is 0 Å².